The highest BCUT2D eigenvalue weighted by Crippen LogP contribution is 2.21. The lowest BCUT2D eigenvalue weighted by atomic mass is 10.0. The van der Waals surface area contributed by atoms with E-state index in [-0.39, 0.29) is 5.91 Å². The molecule has 0 saturated carbocycles. The van der Waals surface area contributed by atoms with Crippen LogP contribution in [-0.2, 0) is 9.47 Å². The third-order valence-electron chi connectivity index (χ3n) is 3.45. The molecule has 2 N–H and O–H groups in total. The van der Waals surface area contributed by atoms with Crippen LogP contribution in [0.15, 0.2) is 18.3 Å². The van der Waals surface area contributed by atoms with E-state index in [1.54, 1.807) is 25.4 Å². The van der Waals surface area contributed by atoms with E-state index < -0.39 is 5.60 Å². The van der Waals surface area contributed by atoms with Gasteiger partial charge in [-0.3, -0.25) is 4.79 Å². The first-order valence-electron chi connectivity index (χ1n) is 6.80. The van der Waals surface area contributed by atoms with Crippen molar-refractivity contribution in [3.63, 3.8) is 0 Å². The zero-order valence-electron chi connectivity index (χ0n) is 11.9. The van der Waals surface area contributed by atoms with Crippen LogP contribution in [0.25, 0.3) is 0 Å². The van der Waals surface area contributed by atoms with Gasteiger partial charge in [0.05, 0.1) is 6.61 Å². The summed E-state index contributed by atoms with van der Waals surface area (Å²) in [7, 11) is 1.65. The molecule has 2 heterocycles. The van der Waals surface area contributed by atoms with Crippen LogP contribution in [0.5, 0.6) is 0 Å². The number of methoxy groups -OCH3 is 1. The Kier molecular flexibility index (Phi) is 4.92. The van der Waals surface area contributed by atoms with Crippen molar-refractivity contribution in [2.45, 2.75) is 18.9 Å². The Morgan fingerprint density at radius 1 is 1.60 bits per heavy atom. The maximum absolute atomic E-state index is 12.2. The van der Waals surface area contributed by atoms with E-state index in [1.807, 2.05) is 6.92 Å². The van der Waals surface area contributed by atoms with Gasteiger partial charge in [-0.1, -0.05) is 0 Å². The second kappa shape index (κ2) is 6.67. The van der Waals surface area contributed by atoms with Crippen LogP contribution in [0.3, 0.4) is 0 Å². The van der Waals surface area contributed by atoms with Crippen LogP contribution in [0, 0.1) is 0 Å². The zero-order chi connectivity index (χ0) is 14.4. The molecule has 2 rings (SSSR count). The summed E-state index contributed by atoms with van der Waals surface area (Å²) in [5.74, 6) is 0.570. The van der Waals surface area contributed by atoms with Crippen LogP contribution in [0.2, 0.25) is 0 Å². The summed E-state index contributed by atoms with van der Waals surface area (Å²) in [5.41, 5.74) is 0.189. The second-order valence-electron chi connectivity index (χ2n) is 4.83. The number of rotatable bonds is 6. The molecule has 0 aliphatic carbocycles. The van der Waals surface area contributed by atoms with E-state index in [1.165, 1.54) is 0 Å². The second-order valence-corrected chi connectivity index (χ2v) is 4.83. The van der Waals surface area contributed by atoms with Gasteiger partial charge in [0.15, 0.2) is 0 Å². The molecule has 1 atom stereocenters. The number of anilines is 1. The van der Waals surface area contributed by atoms with Crippen LogP contribution < -0.4 is 10.6 Å². The number of pyridine rings is 1. The Balaban J connectivity index is 1.96. The Morgan fingerprint density at radius 3 is 3.10 bits per heavy atom. The molecule has 1 amide bonds. The fraction of sp³-hybridized carbons (Fsp3) is 0.571. The lowest BCUT2D eigenvalue weighted by Crippen LogP contribution is -2.45. The number of aromatic nitrogens is 1. The molecule has 1 saturated heterocycles. The Labute approximate surface area is 118 Å². The average molecular weight is 279 g/mol. The van der Waals surface area contributed by atoms with Crippen molar-refractivity contribution in [3.8, 4) is 0 Å². The number of carbonyl (C=O) groups excluding carboxylic acids is 1. The van der Waals surface area contributed by atoms with Crippen molar-refractivity contribution in [2.24, 2.45) is 0 Å². The average Bonchev–Trinajstić information content (AvgIpc) is 2.95. The number of hydrogen-bond donors (Lipinski definition) is 2. The Morgan fingerprint density at radius 2 is 2.45 bits per heavy atom. The minimum Gasteiger partial charge on any atom is -0.378 e. The number of carbonyl (C=O) groups is 1. The summed E-state index contributed by atoms with van der Waals surface area (Å²) >= 11 is 0. The molecule has 1 aromatic heterocycles. The zero-order valence-corrected chi connectivity index (χ0v) is 11.9. The number of hydrogen-bond acceptors (Lipinski definition) is 5. The molecule has 6 heteroatoms. The first kappa shape index (κ1) is 14.7. The van der Waals surface area contributed by atoms with E-state index in [0.717, 1.165) is 13.0 Å². The lowest BCUT2D eigenvalue weighted by molar-refractivity contribution is -0.0148. The predicted octanol–water partition coefficient (Wildman–Crippen LogP) is 1.05. The smallest absolute Gasteiger partial charge is 0.251 e. The molecule has 20 heavy (non-hydrogen) atoms. The summed E-state index contributed by atoms with van der Waals surface area (Å²) in [5, 5.41) is 5.99. The summed E-state index contributed by atoms with van der Waals surface area (Å²) in [6, 6.07) is 3.43. The summed E-state index contributed by atoms with van der Waals surface area (Å²) in [6.45, 7) is 4.38. The van der Waals surface area contributed by atoms with Crippen LogP contribution >= 0.6 is 0 Å². The van der Waals surface area contributed by atoms with Gasteiger partial charge in [0, 0.05) is 45.0 Å². The number of nitrogens with zero attached hydrogens (tertiary/aromatic N) is 1. The maximum atomic E-state index is 12.2. The quantitative estimate of drug-likeness (QED) is 0.814. The topological polar surface area (TPSA) is 72.5 Å². The summed E-state index contributed by atoms with van der Waals surface area (Å²) in [4.78, 5) is 16.3. The van der Waals surface area contributed by atoms with Crippen molar-refractivity contribution >= 4 is 11.7 Å². The maximum Gasteiger partial charge on any atom is 0.251 e. The number of amides is 1. The molecule has 0 radical (unpaired) electrons. The Bertz CT molecular complexity index is 459. The van der Waals surface area contributed by atoms with Crippen molar-refractivity contribution in [3.05, 3.63) is 23.9 Å². The Hall–Kier alpha value is -1.66. The number of ether oxygens (including phenoxy) is 2. The van der Waals surface area contributed by atoms with Gasteiger partial charge < -0.3 is 20.1 Å². The van der Waals surface area contributed by atoms with Gasteiger partial charge in [-0.05, 0) is 19.1 Å². The summed E-state index contributed by atoms with van der Waals surface area (Å²) in [6.07, 6.45) is 2.42. The third-order valence-corrected chi connectivity index (χ3v) is 3.45. The van der Waals surface area contributed by atoms with Gasteiger partial charge in [-0.15, -0.1) is 0 Å². The molecule has 1 aromatic rings. The largest absolute Gasteiger partial charge is 0.378 e. The SMILES string of the molecule is CCNc1cc(C(=O)NCC2(OC)CCOC2)ccn1. The predicted molar refractivity (Wildman–Crippen MR) is 75.9 cm³/mol. The van der Waals surface area contributed by atoms with E-state index in [9.17, 15) is 4.79 Å². The molecule has 0 spiro atoms. The molecule has 0 aromatic carbocycles. The molecule has 110 valence electrons. The molecule has 0 bridgehead atoms. The number of nitrogens with one attached hydrogen (secondary N) is 2. The van der Waals surface area contributed by atoms with Crippen LogP contribution in [0.4, 0.5) is 5.82 Å². The van der Waals surface area contributed by atoms with E-state index in [0.29, 0.717) is 31.1 Å². The highest BCUT2D eigenvalue weighted by Gasteiger charge is 2.35. The van der Waals surface area contributed by atoms with Crippen molar-refractivity contribution in [1.82, 2.24) is 10.3 Å². The minimum absolute atomic E-state index is 0.130. The fourth-order valence-corrected chi connectivity index (χ4v) is 2.15. The van der Waals surface area contributed by atoms with Crippen molar-refractivity contribution in [1.29, 1.82) is 0 Å². The van der Waals surface area contributed by atoms with Crippen LogP contribution in [0.1, 0.15) is 23.7 Å². The first-order valence-corrected chi connectivity index (χ1v) is 6.80. The van der Waals surface area contributed by atoms with Crippen molar-refractivity contribution in [2.75, 3.05) is 38.7 Å². The molecule has 1 aliphatic rings. The molecular formula is C14H21N3O3. The minimum atomic E-state index is -0.396. The van der Waals surface area contributed by atoms with E-state index >= 15 is 0 Å². The van der Waals surface area contributed by atoms with Gasteiger partial charge >= 0.3 is 0 Å². The third kappa shape index (κ3) is 3.46. The standard InChI is InChI=1S/C14H21N3O3/c1-3-15-12-8-11(4-6-16-12)13(18)17-9-14(19-2)5-7-20-10-14/h4,6,8H,3,5,7,9-10H2,1-2H3,(H,15,16)(H,17,18). The lowest BCUT2D eigenvalue weighted by Gasteiger charge is -2.25. The molecular weight excluding hydrogens is 258 g/mol. The van der Waals surface area contributed by atoms with Gasteiger partial charge in [-0.25, -0.2) is 4.98 Å². The van der Waals surface area contributed by atoms with Gasteiger partial charge in [0.2, 0.25) is 0 Å². The van der Waals surface area contributed by atoms with Gasteiger partial charge in [-0.2, -0.15) is 0 Å². The molecule has 6 nitrogen and oxygen atoms in total. The van der Waals surface area contributed by atoms with Gasteiger partial charge in [0.1, 0.15) is 11.4 Å². The fourth-order valence-electron chi connectivity index (χ4n) is 2.15. The molecule has 1 fully saturated rings. The normalized spacial score (nSPS) is 21.7. The highest BCUT2D eigenvalue weighted by atomic mass is 16.5. The molecule has 1 aliphatic heterocycles. The highest BCUT2D eigenvalue weighted by molar-refractivity contribution is 5.94. The van der Waals surface area contributed by atoms with E-state index in [4.69, 9.17) is 9.47 Å². The summed E-state index contributed by atoms with van der Waals surface area (Å²) < 4.78 is 10.8. The first-order chi connectivity index (χ1) is 9.69. The van der Waals surface area contributed by atoms with Gasteiger partial charge in [0.25, 0.3) is 5.91 Å². The monoisotopic (exact) mass is 279 g/mol. The van der Waals surface area contributed by atoms with Crippen molar-refractivity contribution < 1.29 is 14.3 Å². The molecule has 1 unspecified atom stereocenters. The van der Waals surface area contributed by atoms with E-state index in [2.05, 4.69) is 15.6 Å². The van der Waals surface area contributed by atoms with Crippen LogP contribution in [-0.4, -0.2) is 49.9 Å².